The maximum absolute atomic E-state index is 13.3. The van der Waals surface area contributed by atoms with Gasteiger partial charge in [0, 0.05) is 32.1 Å². The molecule has 0 saturated heterocycles. The molecule has 2 aromatic carbocycles. The van der Waals surface area contributed by atoms with Crippen LogP contribution in [-0.4, -0.2) is 39.4 Å². The fourth-order valence-electron chi connectivity index (χ4n) is 2.57. The minimum absolute atomic E-state index is 0.0134. The number of methoxy groups -OCH3 is 1. The molecular formula is C19H23FN2O4S. The molecule has 0 atom stereocenters. The van der Waals surface area contributed by atoms with Gasteiger partial charge in [0.15, 0.2) is 0 Å². The van der Waals surface area contributed by atoms with Gasteiger partial charge in [-0.15, -0.1) is 0 Å². The lowest BCUT2D eigenvalue weighted by Gasteiger charge is -2.22. The molecule has 1 amide bonds. The van der Waals surface area contributed by atoms with Crippen molar-refractivity contribution < 1.29 is 22.3 Å². The smallest absolute Gasteiger partial charge is 0.240 e. The van der Waals surface area contributed by atoms with Crippen LogP contribution in [0.2, 0.25) is 0 Å². The van der Waals surface area contributed by atoms with Crippen LogP contribution in [0.25, 0.3) is 0 Å². The maximum atomic E-state index is 13.3. The highest BCUT2D eigenvalue weighted by Gasteiger charge is 2.17. The number of benzene rings is 2. The normalized spacial score (nSPS) is 11.3. The average Bonchev–Trinajstić information content (AvgIpc) is 2.63. The molecule has 0 fully saturated rings. The fraction of sp³-hybridized carbons (Fsp3) is 0.316. The number of aryl methyl sites for hydroxylation is 1. The third-order valence-corrected chi connectivity index (χ3v) is 5.57. The topological polar surface area (TPSA) is 75.7 Å². The summed E-state index contributed by atoms with van der Waals surface area (Å²) in [6, 6.07) is 10.9. The van der Waals surface area contributed by atoms with Crippen molar-refractivity contribution in [1.82, 2.24) is 9.62 Å². The highest BCUT2D eigenvalue weighted by molar-refractivity contribution is 7.89. The zero-order valence-electron chi connectivity index (χ0n) is 15.5. The molecule has 8 heteroatoms. The third-order valence-electron chi connectivity index (χ3n) is 4.11. The lowest BCUT2D eigenvalue weighted by atomic mass is 10.2. The van der Waals surface area contributed by atoms with Crippen LogP contribution in [0.5, 0.6) is 5.75 Å². The fourth-order valence-corrected chi connectivity index (χ4v) is 3.68. The van der Waals surface area contributed by atoms with Crippen LogP contribution in [0.15, 0.2) is 47.4 Å². The predicted molar refractivity (Wildman–Crippen MR) is 100 cm³/mol. The summed E-state index contributed by atoms with van der Waals surface area (Å²) < 4.78 is 45.8. The van der Waals surface area contributed by atoms with Gasteiger partial charge in [-0.25, -0.2) is 17.5 Å². The Morgan fingerprint density at radius 2 is 1.93 bits per heavy atom. The van der Waals surface area contributed by atoms with E-state index in [0.717, 1.165) is 11.6 Å². The van der Waals surface area contributed by atoms with Gasteiger partial charge in [-0.3, -0.25) is 4.79 Å². The molecule has 27 heavy (non-hydrogen) atoms. The summed E-state index contributed by atoms with van der Waals surface area (Å²) in [7, 11) is -2.23. The van der Waals surface area contributed by atoms with E-state index in [1.165, 1.54) is 30.9 Å². The molecule has 1 N–H and O–H groups in total. The van der Waals surface area contributed by atoms with E-state index in [2.05, 4.69) is 4.72 Å². The highest BCUT2D eigenvalue weighted by Crippen LogP contribution is 2.19. The van der Waals surface area contributed by atoms with Crippen molar-refractivity contribution >= 4 is 15.9 Å². The van der Waals surface area contributed by atoms with E-state index in [-0.39, 0.29) is 29.5 Å². The van der Waals surface area contributed by atoms with Gasteiger partial charge < -0.3 is 9.64 Å². The Kier molecular flexibility index (Phi) is 6.92. The molecule has 0 bridgehead atoms. The van der Waals surface area contributed by atoms with Gasteiger partial charge in [0.25, 0.3) is 0 Å². The second-order valence-corrected chi connectivity index (χ2v) is 7.83. The molecule has 0 heterocycles. The number of hydrogen-bond acceptors (Lipinski definition) is 4. The van der Waals surface area contributed by atoms with E-state index in [9.17, 15) is 17.6 Å². The maximum Gasteiger partial charge on any atom is 0.240 e. The summed E-state index contributed by atoms with van der Waals surface area (Å²) in [4.78, 5) is 13.4. The molecule has 0 aliphatic heterocycles. The zero-order chi connectivity index (χ0) is 20.0. The van der Waals surface area contributed by atoms with Crippen molar-refractivity contribution in [3.63, 3.8) is 0 Å². The molecular weight excluding hydrogens is 371 g/mol. The second-order valence-electron chi connectivity index (χ2n) is 6.06. The Bertz CT molecular complexity index is 916. The largest absolute Gasteiger partial charge is 0.496 e. The number of hydrogen-bond donors (Lipinski definition) is 1. The standard InChI is InChI=1S/C19H23FN2O4S/c1-14-12-17(8-9-18(14)20)27(24,25)21-10-11-22(15(2)23)13-16-6-4-5-7-19(16)26-3/h4-9,12,21H,10-11,13H2,1-3H3. The third kappa shape index (κ3) is 5.51. The van der Waals surface area contributed by atoms with Gasteiger partial charge in [-0.2, -0.15) is 0 Å². The van der Waals surface area contributed by atoms with Crippen molar-refractivity contribution in [2.24, 2.45) is 0 Å². The van der Waals surface area contributed by atoms with Crippen molar-refractivity contribution in [2.45, 2.75) is 25.3 Å². The summed E-state index contributed by atoms with van der Waals surface area (Å²) in [5.41, 5.74) is 1.08. The number of nitrogens with zero attached hydrogens (tertiary/aromatic N) is 1. The Morgan fingerprint density at radius 3 is 2.56 bits per heavy atom. The highest BCUT2D eigenvalue weighted by atomic mass is 32.2. The number of ether oxygens (including phenoxy) is 1. The first kappa shape index (κ1) is 20.9. The van der Waals surface area contributed by atoms with Crippen molar-refractivity contribution in [3.05, 3.63) is 59.4 Å². The molecule has 0 aromatic heterocycles. The first-order valence-electron chi connectivity index (χ1n) is 8.38. The number of amides is 1. The van der Waals surface area contributed by atoms with Crippen LogP contribution in [0.4, 0.5) is 4.39 Å². The quantitative estimate of drug-likeness (QED) is 0.746. The summed E-state index contributed by atoms with van der Waals surface area (Å²) in [6.07, 6.45) is 0. The van der Waals surface area contributed by atoms with Crippen molar-refractivity contribution in [1.29, 1.82) is 0 Å². The number of halogens is 1. The molecule has 0 unspecified atom stereocenters. The van der Waals surface area contributed by atoms with Crippen LogP contribution >= 0.6 is 0 Å². The van der Waals surface area contributed by atoms with Gasteiger partial charge in [0.1, 0.15) is 11.6 Å². The minimum Gasteiger partial charge on any atom is -0.496 e. The number of carbonyl (C=O) groups excluding carboxylic acids is 1. The summed E-state index contributed by atoms with van der Waals surface area (Å²) in [5, 5.41) is 0. The molecule has 6 nitrogen and oxygen atoms in total. The average molecular weight is 394 g/mol. The van der Waals surface area contributed by atoms with E-state index < -0.39 is 15.8 Å². The first-order chi connectivity index (χ1) is 12.7. The Morgan fingerprint density at radius 1 is 1.22 bits per heavy atom. The van der Waals surface area contributed by atoms with Crippen LogP contribution < -0.4 is 9.46 Å². The van der Waals surface area contributed by atoms with E-state index in [1.807, 2.05) is 18.2 Å². The summed E-state index contributed by atoms with van der Waals surface area (Å²) in [6.45, 7) is 3.45. The summed E-state index contributed by atoms with van der Waals surface area (Å²) >= 11 is 0. The lowest BCUT2D eigenvalue weighted by molar-refractivity contribution is -0.129. The molecule has 0 spiro atoms. The van der Waals surface area contributed by atoms with Crippen molar-refractivity contribution in [2.75, 3.05) is 20.2 Å². The molecule has 2 rings (SSSR count). The SMILES string of the molecule is COc1ccccc1CN(CCNS(=O)(=O)c1ccc(F)c(C)c1)C(C)=O. The number of nitrogens with one attached hydrogen (secondary N) is 1. The Hall–Kier alpha value is -2.45. The number of rotatable bonds is 8. The van der Waals surface area contributed by atoms with E-state index in [0.29, 0.717) is 12.3 Å². The van der Waals surface area contributed by atoms with Crippen molar-refractivity contribution in [3.8, 4) is 5.75 Å². The van der Waals surface area contributed by atoms with E-state index in [4.69, 9.17) is 4.74 Å². The molecule has 0 radical (unpaired) electrons. The van der Waals surface area contributed by atoms with Gasteiger partial charge in [0.2, 0.25) is 15.9 Å². The van der Waals surface area contributed by atoms with Crippen LogP contribution in [0, 0.1) is 12.7 Å². The van der Waals surface area contributed by atoms with Gasteiger partial charge in [0.05, 0.1) is 12.0 Å². The van der Waals surface area contributed by atoms with Crippen LogP contribution in [0.3, 0.4) is 0 Å². The second kappa shape index (κ2) is 8.96. The van der Waals surface area contributed by atoms with Gasteiger partial charge >= 0.3 is 0 Å². The number of carbonyl (C=O) groups is 1. The van der Waals surface area contributed by atoms with Gasteiger partial charge in [-0.05, 0) is 36.8 Å². The van der Waals surface area contributed by atoms with Crippen LogP contribution in [0.1, 0.15) is 18.1 Å². The molecule has 2 aromatic rings. The molecule has 0 aliphatic rings. The Balaban J connectivity index is 2.03. The zero-order valence-corrected chi connectivity index (χ0v) is 16.3. The van der Waals surface area contributed by atoms with E-state index >= 15 is 0 Å². The monoisotopic (exact) mass is 394 g/mol. The molecule has 146 valence electrons. The minimum atomic E-state index is -3.79. The molecule has 0 aliphatic carbocycles. The number of para-hydroxylation sites is 1. The van der Waals surface area contributed by atoms with Crippen LogP contribution in [-0.2, 0) is 21.4 Å². The lowest BCUT2D eigenvalue weighted by Crippen LogP contribution is -2.37. The molecule has 0 saturated carbocycles. The van der Waals surface area contributed by atoms with E-state index in [1.54, 1.807) is 13.2 Å². The first-order valence-corrected chi connectivity index (χ1v) is 9.86. The number of sulfonamides is 1. The Labute approximate surface area is 159 Å². The van der Waals surface area contributed by atoms with Gasteiger partial charge in [-0.1, -0.05) is 18.2 Å². The summed E-state index contributed by atoms with van der Waals surface area (Å²) in [5.74, 6) is 0.0114. The predicted octanol–water partition coefficient (Wildman–Crippen LogP) is 2.47.